The number of fused-ring (bicyclic) bond motifs is 1. The standard InChI is InChI=1S/C23H26FN3O3S/c1-5-11-30-22(29)20-15(4)26-23-27(21(20)16-7-9-17(24)10-8-16)18(13-31-23)12-19(28)25-14(3)6-2/h5,7-10,13-14,21H,1,6,11-12H2,2-4H3,(H,25,28)/t14-,21-/m1/s1. The molecule has 0 saturated carbocycles. The summed E-state index contributed by atoms with van der Waals surface area (Å²) >= 11 is 1.40. The summed E-state index contributed by atoms with van der Waals surface area (Å²) in [4.78, 5) is 31.9. The maximum Gasteiger partial charge on any atom is 0.338 e. The van der Waals surface area contributed by atoms with Gasteiger partial charge in [-0.3, -0.25) is 4.79 Å². The molecule has 0 unspecified atom stereocenters. The fraction of sp³-hybridized carbons (Fsp3) is 0.348. The molecule has 0 aliphatic carbocycles. The highest BCUT2D eigenvalue weighted by Crippen LogP contribution is 2.44. The fourth-order valence-electron chi connectivity index (χ4n) is 3.40. The van der Waals surface area contributed by atoms with E-state index in [4.69, 9.17) is 4.74 Å². The Hall–Kier alpha value is -2.87. The lowest BCUT2D eigenvalue weighted by Gasteiger charge is -2.36. The topological polar surface area (TPSA) is 71.0 Å². The van der Waals surface area contributed by atoms with Crippen molar-refractivity contribution in [2.75, 3.05) is 6.61 Å². The molecule has 0 saturated heterocycles. The molecule has 0 spiro atoms. The maximum absolute atomic E-state index is 13.6. The number of halogens is 1. The average Bonchev–Trinajstić information content (AvgIpc) is 3.13. The van der Waals surface area contributed by atoms with Gasteiger partial charge in [0.1, 0.15) is 12.4 Å². The number of amidine groups is 1. The van der Waals surface area contributed by atoms with E-state index in [1.807, 2.05) is 24.2 Å². The van der Waals surface area contributed by atoms with Crippen molar-refractivity contribution in [2.24, 2.45) is 4.99 Å². The molecule has 2 aliphatic rings. The molecule has 1 N–H and O–H groups in total. The van der Waals surface area contributed by atoms with Gasteiger partial charge in [0.05, 0.1) is 23.7 Å². The largest absolute Gasteiger partial charge is 0.458 e. The van der Waals surface area contributed by atoms with Gasteiger partial charge in [0.2, 0.25) is 5.91 Å². The highest BCUT2D eigenvalue weighted by molar-refractivity contribution is 8.16. The molecule has 164 valence electrons. The highest BCUT2D eigenvalue weighted by Gasteiger charge is 2.41. The van der Waals surface area contributed by atoms with E-state index in [1.165, 1.54) is 30.0 Å². The Kier molecular flexibility index (Phi) is 7.33. The minimum atomic E-state index is -0.580. The minimum absolute atomic E-state index is 0.0659. The Balaban J connectivity index is 1.98. The third kappa shape index (κ3) is 5.07. The first-order chi connectivity index (χ1) is 14.8. The van der Waals surface area contributed by atoms with Gasteiger partial charge in [-0.25, -0.2) is 14.2 Å². The molecule has 1 aromatic carbocycles. The number of benzene rings is 1. The van der Waals surface area contributed by atoms with Crippen molar-refractivity contribution in [2.45, 2.75) is 45.7 Å². The number of aliphatic imine (C=N–C) groups is 1. The van der Waals surface area contributed by atoms with Gasteiger partial charge in [0.25, 0.3) is 0 Å². The highest BCUT2D eigenvalue weighted by atomic mass is 32.2. The summed E-state index contributed by atoms with van der Waals surface area (Å²) in [5.74, 6) is -0.998. The van der Waals surface area contributed by atoms with Crippen LogP contribution >= 0.6 is 11.8 Å². The van der Waals surface area contributed by atoms with Crippen molar-refractivity contribution in [3.63, 3.8) is 0 Å². The number of hydrogen-bond donors (Lipinski definition) is 1. The number of carbonyl (C=O) groups excluding carboxylic acids is 2. The van der Waals surface area contributed by atoms with Crippen molar-refractivity contribution < 1.29 is 18.7 Å². The van der Waals surface area contributed by atoms with Crippen molar-refractivity contribution in [3.05, 3.63) is 70.7 Å². The van der Waals surface area contributed by atoms with E-state index in [0.29, 0.717) is 22.0 Å². The minimum Gasteiger partial charge on any atom is -0.458 e. The lowest BCUT2D eigenvalue weighted by atomic mass is 9.94. The maximum atomic E-state index is 13.6. The molecule has 3 rings (SSSR count). The van der Waals surface area contributed by atoms with E-state index >= 15 is 0 Å². The van der Waals surface area contributed by atoms with Crippen LogP contribution in [-0.2, 0) is 14.3 Å². The first-order valence-corrected chi connectivity index (χ1v) is 11.0. The van der Waals surface area contributed by atoms with Crippen LogP contribution in [0, 0.1) is 5.82 Å². The van der Waals surface area contributed by atoms with Gasteiger partial charge in [0, 0.05) is 11.7 Å². The predicted octanol–water partition coefficient (Wildman–Crippen LogP) is 4.43. The fourth-order valence-corrected chi connectivity index (χ4v) is 4.36. The monoisotopic (exact) mass is 443 g/mol. The van der Waals surface area contributed by atoms with Crippen LogP contribution in [0.2, 0.25) is 0 Å². The molecule has 0 fully saturated rings. The average molecular weight is 444 g/mol. The van der Waals surface area contributed by atoms with E-state index in [9.17, 15) is 14.0 Å². The summed E-state index contributed by atoms with van der Waals surface area (Å²) in [5.41, 5.74) is 2.31. The second-order valence-electron chi connectivity index (χ2n) is 7.39. The molecule has 0 aromatic heterocycles. The van der Waals surface area contributed by atoms with Crippen LogP contribution in [0.25, 0.3) is 0 Å². The summed E-state index contributed by atoms with van der Waals surface area (Å²) in [6, 6.07) is 5.46. The van der Waals surface area contributed by atoms with Crippen LogP contribution in [0.4, 0.5) is 4.39 Å². The number of carbonyl (C=O) groups is 2. The van der Waals surface area contributed by atoms with Gasteiger partial charge >= 0.3 is 5.97 Å². The number of esters is 1. The molecule has 1 aromatic rings. The summed E-state index contributed by atoms with van der Waals surface area (Å²) < 4.78 is 18.9. The summed E-state index contributed by atoms with van der Waals surface area (Å²) in [7, 11) is 0. The number of hydrogen-bond acceptors (Lipinski definition) is 6. The lowest BCUT2D eigenvalue weighted by Crippen LogP contribution is -2.39. The number of ether oxygens (including phenoxy) is 1. The number of rotatable bonds is 8. The normalized spacial score (nSPS) is 18.7. The third-order valence-electron chi connectivity index (χ3n) is 5.10. The van der Waals surface area contributed by atoms with Gasteiger partial charge in [-0.05, 0) is 43.4 Å². The quantitative estimate of drug-likeness (QED) is 0.475. The molecular formula is C23H26FN3O3S. The summed E-state index contributed by atoms with van der Waals surface area (Å²) in [5, 5.41) is 5.50. The Labute approximate surface area is 185 Å². The van der Waals surface area contributed by atoms with Crippen molar-refractivity contribution in [3.8, 4) is 0 Å². The second kappa shape index (κ2) is 9.96. The zero-order chi connectivity index (χ0) is 22.5. The SMILES string of the molecule is C=CCOC(=O)C1=C(C)N=C2SC=C(CC(=O)N[C@H](C)CC)N2[C@@H]1c1ccc(F)cc1. The van der Waals surface area contributed by atoms with Crippen LogP contribution in [0.15, 0.2) is 64.3 Å². The zero-order valence-electron chi connectivity index (χ0n) is 17.9. The molecule has 31 heavy (non-hydrogen) atoms. The molecule has 2 aliphatic heterocycles. The van der Waals surface area contributed by atoms with Gasteiger partial charge < -0.3 is 15.0 Å². The van der Waals surface area contributed by atoms with Crippen LogP contribution in [0.1, 0.15) is 45.2 Å². The van der Waals surface area contributed by atoms with E-state index in [0.717, 1.165) is 12.1 Å². The molecule has 2 atom stereocenters. The zero-order valence-corrected chi connectivity index (χ0v) is 18.7. The number of nitrogens with zero attached hydrogens (tertiary/aromatic N) is 2. The van der Waals surface area contributed by atoms with Crippen LogP contribution < -0.4 is 5.32 Å². The molecule has 0 radical (unpaired) electrons. The molecule has 0 bridgehead atoms. The van der Waals surface area contributed by atoms with Crippen molar-refractivity contribution >= 4 is 28.8 Å². The van der Waals surface area contributed by atoms with E-state index in [-0.39, 0.29) is 30.8 Å². The Morgan fingerprint density at radius 2 is 2.10 bits per heavy atom. The van der Waals surface area contributed by atoms with Gasteiger partial charge in [-0.1, -0.05) is 43.5 Å². The molecular weight excluding hydrogens is 417 g/mol. The predicted molar refractivity (Wildman–Crippen MR) is 120 cm³/mol. The summed E-state index contributed by atoms with van der Waals surface area (Å²) in [6.45, 7) is 9.35. The summed E-state index contributed by atoms with van der Waals surface area (Å²) in [6.07, 6.45) is 2.46. The second-order valence-corrected chi connectivity index (χ2v) is 8.22. The molecule has 8 heteroatoms. The number of allylic oxidation sites excluding steroid dienone is 1. The van der Waals surface area contributed by atoms with Gasteiger partial charge in [-0.2, -0.15) is 0 Å². The number of thioether (sulfide) groups is 1. The Morgan fingerprint density at radius 3 is 2.74 bits per heavy atom. The van der Waals surface area contributed by atoms with E-state index in [1.54, 1.807) is 19.1 Å². The molecule has 2 heterocycles. The first kappa shape index (κ1) is 22.8. The van der Waals surface area contributed by atoms with E-state index in [2.05, 4.69) is 16.9 Å². The molecule has 6 nitrogen and oxygen atoms in total. The van der Waals surface area contributed by atoms with Crippen molar-refractivity contribution in [1.29, 1.82) is 0 Å². The Bertz CT molecular complexity index is 969. The van der Waals surface area contributed by atoms with Crippen molar-refractivity contribution in [1.82, 2.24) is 10.2 Å². The smallest absolute Gasteiger partial charge is 0.338 e. The lowest BCUT2D eigenvalue weighted by molar-refractivity contribution is -0.138. The van der Waals surface area contributed by atoms with E-state index < -0.39 is 12.0 Å². The van der Waals surface area contributed by atoms with Gasteiger partial charge in [0.15, 0.2) is 5.17 Å². The Morgan fingerprint density at radius 1 is 1.39 bits per heavy atom. The first-order valence-electron chi connectivity index (χ1n) is 10.1. The van der Waals surface area contributed by atoms with Crippen LogP contribution in [0.3, 0.4) is 0 Å². The number of amides is 1. The number of nitrogens with one attached hydrogen (secondary N) is 1. The molecule has 1 amide bonds. The van der Waals surface area contributed by atoms with Gasteiger partial charge in [-0.15, -0.1) is 0 Å². The third-order valence-corrected chi connectivity index (χ3v) is 5.99. The van der Waals surface area contributed by atoms with Crippen LogP contribution in [0.5, 0.6) is 0 Å². The van der Waals surface area contributed by atoms with Crippen LogP contribution in [-0.4, -0.2) is 34.6 Å².